The maximum atomic E-state index is 12.4. The minimum atomic E-state index is -4.40. The number of amides is 1. The van der Waals surface area contributed by atoms with Crippen LogP contribution in [-0.4, -0.2) is 10.9 Å². The molecule has 1 aromatic carbocycles. The van der Waals surface area contributed by atoms with E-state index in [0.717, 1.165) is 12.1 Å². The third-order valence-corrected chi connectivity index (χ3v) is 3.67. The summed E-state index contributed by atoms with van der Waals surface area (Å²) in [5, 5.41) is 2.52. The molecule has 1 amide bonds. The van der Waals surface area contributed by atoms with Gasteiger partial charge in [0.15, 0.2) is 0 Å². The topological polar surface area (TPSA) is 55.1 Å². The van der Waals surface area contributed by atoms with Gasteiger partial charge in [-0.1, -0.05) is 19.1 Å². The molecule has 1 atom stereocenters. The number of nitrogens with two attached hydrogens (primary N) is 1. The second-order valence-electron chi connectivity index (χ2n) is 4.58. The average molecular weight is 304 g/mol. The van der Waals surface area contributed by atoms with Gasteiger partial charge in [-0.2, -0.15) is 13.2 Å². The van der Waals surface area contributed by atoms with Gasteiger partial charge in [-0.05, 0) is 37.6 Å². The Kier molecular flexibility index (Phi) is 4.75. The van der Waals surface area contributed by atoms with Crippen LogP contribution in [0.15, 0.2) is 24.3 Å². The highest BCUT2D eigenvalue weighted by molar-refractivity contribution is 7.80. The first-order valence-electron chi connectivity index (χ1n) is 5.90. The standard InChI is InChI=1S/C13H15F3N2OS/c1-3-12(2,10(17)20)11(19)18-9-6-4-8(5-7-9)13(14,15)16/h4-7H,3H2,1-2H3,(H2,17,20)(H,18,19). The average Bonchev–Trinajstić information content (AvgIpc) is 2.36. The lowest BCUT2D eigenvalue weighted by atomic mass is 9.86. The van der Waals surface area contributed by atoms with Crippen LogP contribution < -0.4 is 11.1 Å². The van der Waals surface area contributed by atoms with Crippen molar-refractivity contribution in [3.63, 3.8) is 0 Å². The molecule has 3 N–H and O–H groups in total. The van der Waals surface area contributed by atoms with E-state index >= 15 is 0 Å². The Balaban J connectivity index is 2.89. The van der Waals surface area contributed by atoms with Crippen LogP contribution in [-0.2, 0) is 11.0 Å². The molecule has 1 aromatic rings. The van der Waals surface area contributed by atoms with Gasteiger partial charge < -0.3 is 11.1 Å². The molecule has 0 aromatic heterocycles. The van der Waals surface area contributed by atoms with Gasteiger partial charge in [-0.3, -0.25) is 4.79 Å². The molecule has 0 spiro atoms. The maximum absolute atomic E-state index is 12.4. The van der Waals surface area contributed by atoms with Gasteiger partial charge in [0.05, 0.1) is 16.0 Å². The molecule has 0 radical (unpaired) electrons. The predicted molar refractivity (Wildman–Crippen MR) is 75.3 cm³/mol. The fourth-order valence-corrected chi connectivity index (χ4v) is 1.70. The number of benzene rings is 1. The summed E-state index contributed by atoms with van der Waals surface area (Å²) in [5.41, 5.74) is 4.00. The second kappa shape index (κ2) is 5.78. The lowest BCUT2D eigenvalue weighted by Gasteiger charge is -2.25. The van der Waals surface area contributed by atoms with E-state index in [-0.39, 0.29) is 10.7 Å². The van der Waals surface area contributed by atoms with Crippen LogP contribution in [0.25, 0.3) is 0 Å². The van der Waals surface area contributed by atoms with Crippen LogP contribution >= 0.6 is 12.2 Å². The zero-order valence-electron chi connectivity index (χ0n) is 11.0. The van der Waals surface area contributed by atoms with Gasteiger partial charge in [-0.25, -0.2) is 0 Å². The first-order chi connectivity index (χ1) is 9.11. The number of carbonyl (C=O) groups excluding carboxylic acids is 1. The Hall–Kier alpha value is -1.63. The van der Waals surface area contributed by atoms with Crippen molar-refractivity contribution in [3.8, 4) is 0 Å². The molecule has 0 saturated heterocycles. The smallest absolute Gasteiger partial charge is 0.392 e. The molecular formula is C13H15F3N2OS. The monoisotopic (exact) mass is 304 g/mol. The Morgan fingerprint density at radius 3 is 2.15 bits per heavy atom. The Bertz CT molecular complexity index is 513. The molecule has 20 heavy (non-hydrogen) atoms. The van der Waals surface area contributed by atoms with Crippen molar-refractivity contribution < 1.29 is 18.0 Å². The number of carbonyl (C=O) groups is 1. The molecule has 1 rings (SSSR count). The minimum Gasteiger partial charge on any atom is -0.392 e. The highest BCUT2D eigenvalue weighted by Gasteiger charge is 2.35. The predicted octanol–water partition coefficient (Wildman–Crippen LogP) is 3.35. The molecule has 0 fully saturated rings. The third kappa shape index (κ3) is 3.47. The van der Waals surface area contributed by atoms with E-state index in [0.29, 0.717) is 6.42 Å². The van der Waals surface area contributed by atoms with Gasteiger partial charge in [0.2, 0.25) is 5.91 Å². The number of hydrogen-bond donors (Lipinski definition) is 2. The van der Waals surface area contributed by atoms with E-state index in [2.05, 4.69) is 5.32 Å². The van der Waals surface area contributed by atoms with Crippen LogP contribution in [0, 0.1) is 5.41 Å². The molecule has 110 valence electrons. The van der Waals surface area contributed by atoms with Crippen LogP contribution in [0.2, 0.25) is 0 Å². The van der Waals surface area contributed by atoms with Crippen LogP contribution in [0.4, 0.5) is 18.9 Å². The summed E-state index contributed by atoms with van der Waals surface area (Å²) in [4.78, 5) is 12.1. The zero-order valence-corrected chi connectivity index (χ0v) is 11.9. The molecular weight excluding hydrogens is 289 g/mol. The van der Waals surface area contributed by atoms with Crippen molar-refractivity contribution in [2.75, 3.05) is 5.32 Å². The molecule has 0 aliphatic rings. The van der Waals surface area contributed by atoms with E-state index in [1.54, 1.807) is 13.8 Å². The van der Waals surface area contributed by atoms with Crippen molar-refractivity contribution in [2.24, 2.45) is 11.1 Å². The number of thiocarbonyl (C=S) groups is 1. The van der Waals surface area contributed by atoms with Gasteiger partial charge >= 0.3 is 6.18 Å². The third-order valence-electron chi connectivity index (χ3n) is 3.22. The summed E-state index contributed by atoms with van der Waals surface area (Å²) in [5.74, 6) is -0.438. The number of alkyl halides is 3. The largest absolute Gasteiger partial charge is 0.416 e. The first kappa shape index (κ1) is 16.4. The van der Waals surface area contributed by atoms with E-state index in [1.165, 1.54) is 12.1 Å². The maximum Gasteiger partial charge on any atom is 0.416 e. The normalized spacial score (nSPS) is 14.4. The van der Waals surface area contributed by atoms with Crippen molar-refractivity contribution in [2.45, 2.75) is 26.4 Å². The molecule has 1 unspecified atom stereocenters. The van der Waals surface area contributed by atoms with Gasteiger partial charge in [0, 0.05) is 5.69 Å². The summed E-state index contributed by atoms with van der Waals surface area (Å²) in [6, 6.07) is 4.19. The molecule has 0 bridgehead atoms. The Labute approximate surface area is 120 Å². The molecule has 0 saturated carbocycles. The summed E-state index contributed by atoms with van der Waals surface area (Å²) in [7, 11) is 0. The van der Waals surface area contributed by atoms with E-state index in [1.807, 2.05) is 0 Å². The molecule has 0 aliphatic heterocycles. The summed E-state index contributed by atoms with van der Waals surface area (Å²) < 4.78 is 37.2. The van der Waals surface area contributed by atoms with Crippen molar-refractivity contribution in [1.29, 1.82) is 0 Å². The number of nitrogens with one attached hydrogen (secondary N) is 1. The van der Waals surface area contributed by atoms with Crippen molar-refractivity contribution in [3.05, 3.63) is 29.8 Å². The quantitative estimate of drug-likeness (QED) is 0.839. The van der Waals surface area contributed by atoms with Gasteiger partial charge in [-0.15, -0.1) is 0 Å². The van der Waals surface area contributed by atoms with Crippen molar-refractivity contribution >= 4 is 28.8 Å². The van der Waals surface area contributed by atoms with Gasteiger partial charge in [0.1, 0.15) is 0 Å². The van der Waals surface area contributed by atoms with Crippen molar-refractivity contribution in [1.82, 2.24) is 0 Å². The van der Waals surface area contributed by atoms with E-state index in [9.17, 15) is 18.0 Å². The lowest BCUT2D eigenvalue weighted by molar-refractivity contribution is -0.137. The van der Waals surface area contributed by atoms with Crippen LogP contribution in [0.3, 0.4) is 0 Å². The van der Waals surface area contributed by atoms with Crippen LogP contribution in [0.1, 0.15) is 25.8 Å². The number of rotatable bonds is 4. The van der Waals surface area contributed by atoms with E-state index < -0.39 is 23.1 Å². The highest BCUT2D eigenvalue weighted by Crippen LogP contribution is 2.30. The second-order valence-corrected chi connectivity index (χ2v) is 5.02. The lowest BCUT2D eigenvalue weighted by Crippen LogP contribution is -2.43. The number of anilines is 1. The highest BCUT2D eigenvalue weighted by atomic mass is 32.1. The number of halogens is 3. The summed E-state index contributed by atoms with van der Waals surface area (Å²) in [6.07, 6.45) is -4.01. The molecule has 0 heterocycles. The summed E-state index contributed by atoms with van der Waals surface area (Å²) >= 11 is 4.86. The molecule has 0 aliphatic carbocycles. The van der Waals surface area contributed by atoms with Crippen LogP contribution in [0.5, 0.6) is 0 Å². The Morgan fingerprint density at radius 1 is 1.30 bits per heavy atom. The zero-order chi connectivity index (χ0) is 15.6. The fraction of sp³-hybridized carbons (Fsp3) is 0.385. The summed E-state index contributed by atoms with van der Waals surface area (Å²) in [6.45, 7) is 3.35. The fourth-order valence-electron chi connectivity index (χ4n) is 1.46. The first-order valence-corrected chi connectivity index (χ1v) is 6.30. The molecule has 3 nitrogen and oxygen atoms in total. The van der Waals surface area contributed by atoms with E-state index in [4.69, 9.17) is 18.0 Å². The minimum absolute atomic E-state index is 0.0458. The Morgan fingerprint density at radius 2 is 1.80 bits per heavy atom. The SMILES string of the molecule is CCC(C)(C(=O)Nc1ccc(C(F)(F)F)cc1)C(N)=S. The number of hydrogen-bond acceptors (Lipinski definition) is 2. The van der Waals surface area contributed by atoms with Gasteiger partial charge in [0.25, 0.3) is 0 Å². The molecule has 7 heteroatoms.